The first-order valence-electron chi connectivity index (χ1n) is 8.59. The lowest BCUT2D eigenvalue weighted by Gasteiger charge is -2.13. The molecule has 1 amide bonds. The van der Waals surface area contributed by atoms with E-state index in [0.29, 0.717) is 11.5 Å². The Kier molecular flexibility index (Phi) is 5.23. The molecule has 0 atom stereocenters. The minimum atomic E-state index is 0.0413. The van der Waals surface area contributed by atoms with Gasteiger partial charge >= 0.3 is 0 Å². The third-order valence-corrected chi connectivity index (χ3v) is 4.28. The van der Waals surface area contributed by atoms with E-state index in [1.165, 1.54) is 0 Å². The summed E-state index contributed by atoms with van der Waals surface area (Å²) in [5.41, 5.74) is 2.51. The highest BCUT2D eigenvalue weighted by Crippen LogP contribution is 2.24. The first-order valence-corrected chi connectivity index (χ1v) is 8.59. The Hall–Kier alpha value is -2.95. The number of benzene rings is 1. The van der Waals surface area contributed by atoms with Crippen LogP contribution in [-0.2, 0) is 4.79 Å². The maximum atomic E-state index is 12.1. The van der Waals surface area contributed by atoms with Crippen LogP contribution in [-0.4, -0.2) is 15.9 Å². The highest BCUT2D eigenvalue weighted by Gasteiger charge is 2.14. The predicted octanol–water partition coefficient (Wildman–Crippen LogP) is 4.75. The summed E-state index contributed by atoms with van der Waals surface area (Å²) in [7, 11) is 0. The van der Waals surface area contributed by atoms with Crippen LogP contribution in [0.1, 0.15) is 26.7 Å². The summed E-state index contributed by atoms with van der Waals surface area (Å²) < 4.78 is 0. The second kappa shape index (κ2) is 7.75. The molecule has 0 aliphatic rings. The Balaban J connectivity index is 1.73. The van der Waals surface area contributed by atoms with E-state index in [1.807, 2.05) is 56.3 Å². The summed E-state index contributed by atoms with van der Waals surface area (Å²) in [5.74, 6) is 0.795. The van der Waals surface area contributed by atoms with Crippen LogP contribution < -0.4 is 10.6 Å². The highest BCUT2D eigenvalue weighted by atomic mass is 16.1. The van der Waals surface area contributed by atoms with E-state index >= 15 is 0 Å². The zero-order valence-electron chi connectivity index (χ0n) is 14.5. The number of amides is 1. The molecule has 5 nitrogen and oxygen atoms in total. The maximum absolute atomic E-state index is 12.1. The van der Waals surface area contributed by atoms with Crippen molar-refractivity contribution in [2.75, 3.05) is 10.6 Å². The molecule has 2 N–H and O–H groups in total. The Labute approximate surface area is 147 Å². The zero-order chi connectivity index (χ0) is 17.6. The molecule has 0 spiro atoms. The van der Waals surface area contributed by atoms with Gasteiger partial charge in [-0.3, -0.25) is 9.78 Å². The van der Waals surface area contributed by atoms with Gasteiger partial charge in [0.05, 0.1) is 23.1 Å². The highest BCUT2D eigenvalue weighted by molar-refractivity contribution is 5.93. The lowest BCUT2D eigenvalue weighted by molar-refractivity contribution is -0.120. The Bertz CT molecular complexity index is 852. The van der Waals surface area contributed by atoms with Gasteiger partial charge in [-0.2, -0.15) is 0 Å². The number of hydrogen-bond donors (Lipinski definition) is 2. The molecule has 5 heteroatoms. The van der Waals surface area contributed by atoms with Crippen LogP contribution >= 0.6 is 0 Å². The van der Waals surface area contributed by atoms with Crippen molar-refractivity contribution in [2.45, 2.75) is 26.7 Å². The van der Waals surface area contributed by atoms with E-state index in [9.17, 15) is 4.79 Å². The fourth-order valence-electron chi connectivity index (χ4n) is 2.79. The molecular formula is C20H22N4O. The van der Waals surface area contributed by atoms with Crippen LogP contribution in [0.5, 0.6) is 0 Å². The molecule has 0 bridgehead atoms. The van der Waals surface area contributed by atoms with Crippen LogP contribution in [0.3, 0.4) is 0 Å². The summed E-state index contributed by atoms with van der Waals surface area (Å²) in [4.78, 5) is 21.0. The molecule has 1 aromatic carbocycles. The minimum absolute atomic E-state index is 0.0413. The molecule has 3 aromatic rings. The van der Waals surface area contributed by atoms with Crippen molar-refractivity contribution >= 4 is 34.0 Å². The summed E-state index contributed by atoms with van der Waals surface area (Å²) in [6.07, 6.45) is 5.12. The van der Waals surface area contributed by atoms with E-state index in [2.05, 4.69) is 20.6 Å². The van der Waals surface area contributed by atoms with Crippen LogP contribution in [0.2, 0.25) is 0 Å². The molecule has 0 aliphatic carbocycles. The summed E-state index contributed by atoms with van der Waals surface area (Å²) in [6, 6.07) is 13.6. The third-order valence-electron chi connectivity index (χ3n) is 4.28. The largest absolute Gasteiger partial charge is 0.338 e. The molecule has 0 fully saturated rings. The van der Waals surface area contributed by atoms with E-state index in [1.54, 1.807) is 12.4 Å². The van der Waals surface area contributed by atoms with Gasteiger partial charge in [0.25, 0.3) is 0 Å². The molecule has 0 unspecified atom stereocenters. The number of hydrogen-bond acceptors (Lipinski definition) is 4. The Morgan fingerprint density at radius 3 is 2.56 bits per heavy atom. The number of anilines is 3. The Morgan fingerprint density at radius 1 is 1.04 bits per heavy atom. The van der Waals surface area contributed by atoms with Gasteiger partial charge in [0.2, 0.25) is 5.91 Å². The predicted molar refractivity (Wildman–Crippen MR) is 102 cm³/mol. The van der Waals surface area contributed by atoms with Gasteiger partial charge in [-0.15, -0.1) is 0 Å². The van der Waals surface area contributed by atoms with Crippen LogP contribution in [0, 0.1) is 5.92 Å². The standard InChI is InChI=1S/C20H22N4O/c1-3-14(4-2)20(25)23-16-10-11-18(22-13-16)24-17-9-5-7-15-8-6-12-21-19(15)17/h5-14H,3-4H2,1-2H3,(H,22,24)(H,23,25). The molecule has 0 radical (unpaired) electrons. The van der Waals surface area contributed by atoms with Crippen molar-refractivity contribution in [1.29, 1.82) is 0 Å². The van der Waals surface area contributed by atoms with Crippen molar-refractivity contribution in [3.63, 3.8) is 0 Å². The molecular weight excluding hydrogens is 312 g/mol. The zero-order valence-corrected chi connectivity index (χ0v) is 14.5. The first kappa shape index (κ1) is 16.9. The number of carbonyl (C=O) groups is 1. The molecule has 25 heavy (non-hydrogen) atoms. The van der Waals surface area contributed by atoms with Crippen molar-refractivity contribution in [3.05, 3.63) is 54.9 Å². The van der Waals surface area contributed by atoms with Gasteiger partial charge in [0.15, 0.2) is 0 Å². The van der Waals surface area contributed by atoms with Gasteiger partial charge in [0.1, 0.15) is 5.82 Å². The number of fused-ring (bicyclic) bond motifs is 1. The van der Waals surface area contributed by atoms with Crippen molar-refractivity contribution in [3.8, 4) is 0 Å². The van der Waals surface area contributed by atoms with Crippen molar-refractivity contribution in [2.24, 2.45) is 5.92 Å². The van der Waals surface area contributed by atoms with Crippen molar-refractivity contribution in [1.82, 2.24) is 9.97 Å². The number of carbonyl (C=O) groups excluding carboxylic acids is 1. The van der Waals surface area contributed by atoms with E-state index < -0.39 is 0 Å². The molecule has 3 rings (SSSR count). The second-order valence-corrected chi connectivity index (χ2v) is 5.94. The number of rotatable bonds is 6. The molecule has 2 aromatic heterocycles. The summed E-state index contributed by atoms with van der Waals surface area (Å²) >= 11 is 0. The van der Waals surface area contributed by atoms with Gasteiger partial charge in [0, 0.05) is 17.5 Å². The van der Waals surface area contributed by atoms with Crippen LogP contribution in [0.15, 0.2) is 54.9 Å². The first-order chi connectivity index (χ1) is 12.2. The quantitative estimate of drug-likeness (QED) is 0.683. The fraction of sp³-hybridized carbons (Fsp3) is 0.250. The number of aromatic nitrogens is 2. The topological polar surface area (TPSA) is 66.9 Å². The van der Waals surface area contributed by atoms with Gasteiger partial charge < -0.3 is 10.6 Å². The van der Waals surface area contributed by atoms with Gasteiger partial charge in [-0.05, 0) is 37.1 Å². The number of nitrogens with one attached hydrogen (secondary N) is 2. The van der Waals surface area contributed by atoms with Gasteiger partial charge in [-0.1, -0.05) is 32.0 Å². The Morgan fingerprint density at radius 2 is 1.84 bits per heavy atom. The normalized spacial score (nSPS) is 10.8. The number of para-hydroxylation sites is 1. The van der Waals surface area contributed by atoms with E-state index in [-0.39, 0.29) is 11.8 Å². The summed E-state index contributed by atoms with van der Waals surface area (Å²) in [6.45, 7) is 4.05. The smallest absolute Gasteiger partial charge is 0.227 e. The second-order valence-electron chi connectivity index (χ2n) is 5.94. The molecule has 2 heterocycles. The lowest BCUT2D eigenvalue weighted by atomic mass is 10.0. The van der Waals surface area contributed by atoms with Crippen molar-refractivity contribution < 1.29 is 4.79 Å². The lowest BCUT2D eigenvalue weighted by Crippen LogP contribution is -2.21. The van der Waals surface area contributed by atoms with Crippen LogP contribution in [0.4, 0.5) is 17.2 Å². The molecule has 0 aliphatic heterocycles. The SMILES string of the molecule is CCC(CC)C(=O)Nc1ccc(Nc2cccc3cccnc23)nc1. The number of pyridine rings is 2. The minimum Gasteiger partial charge on any atom is -0.338 e. The monoisotopic (exact) mass is 334 g/mol. The molecule has 0 saturated carbocycles. The maximum Gasteiger partial charge on any atom is 0.227 e. The van der Waals surface area contributed by atoms with E-state index in [0.717, 1.165) is 29.4 Å². The third kappa shape index (κ3) is 3.94. The fourth-order valence-corrected chi connectivity index (χ4v) is 2.79. The number of nitrogens with zero attached hydrogens (tertiary/aromatic N) is 2. The van der Waals surface area contributed by atoms with Gasteiger partial charge in [-0.25, -0.2) is 4.98 Å². The van der Waals surface area contributed by atoms with E-state index in [4.69, 9.17) is 0 Å². The average Bonchev–Trinajstić information content (AvgIpc) is 2.65. The average molecular weight is 334 g/mol. The molecule has 0 saturated heterocycles. The molecule has 128 valence electrons. The van der Waals surface area contributed by atoms with Crippen LogP contribution in [0.25, 0.3) is 10.9 Å². The summed E-state index contributed by atoms with van der Waals surface area (Å²) in [5, 5.41) is 7.28.